The largest absolute Gasteiger partial charge is 0.459 e. The number of rotatable bonds is 4. The van der Waals surface area contributed by atoms with Crippen LogP contribution in [-0.2, 0) is 4.74 Å². The van der Waals surface area contributed by atoms with Gasteiger partial charge in [-0.1, -0.05) is 55.3 Å². The molecule has 0 bridgehead atoms. The standard InChI is InChI=1S/C33H34N2O4/c1-18-8-12-22(13-9-18)35-27-17-26(33(38)39-23-14-11-20-15-19(2)7-10-21(20)16-23)30(34)29-28(27)31(36)24-5-3-4-6-25(24)32(29)37/h3-6,8-9,12-13,17,19-21,23,35H,7,10-11,14-16,34H2,1-2H3. The van der Waals surface area contributed by atoms with E-state index >= 15 is 0 Å². The second-order valence-electron chi connectivity index (χ2n) is 11.6. The molecule has 2 saturated carbocycles. The number of nitrogens with two attached hydrogens (primary N) is 1. The van der Waals surface area contributed by atoms with E-state index in [-0.39, 0.29) is 40.0 Å². The van der Waals surface area contributed by atoms with Crippen LogP contribution in [0, 0.1) is 24.7 Å². The molecule has 0 amide bonds. The van der Waals surface area contributed by atoms with Crippen LogP contribution in [0.4, 0.5) is 17.1 Å². The van der Waals surface area contributed by atoms with Crippen molar-refractivity contribution in [3.63, 3.8) is 0 Å². The van der Waals surface area contributed by atoms with Gasteiger partial charge in [-0.3, -0.25) is 9.59 Å². The minimum Gasteiger partial charge on any atom is -0.459 e. The van der Waals surface area contributed by atoms with Gasteiger partial charge in [0.05, 0.1) is 28.1 Å². The van der Waals surface area contributed by atoms with Gasteiger partial charge in [0.25, 0.3) is 0 Å². The lowest BCUT2D eigenvalue weighted by atomic mass is 9.67. The van der Waals surface area contributed by atoms with Gasteiger partial charge < -0.3 is 15.8 Å². The van der Waals surface area contributed by atoms with E-state index in [1.165, 1.54) is 19.3 Å². The summed E-state index contributed by atoms with van der Waals surface area (Å²) in [5.41, 5.74) is 9.69. The van der Waals surface area contributed by atoms with Crippen molar-refractivity contribution in [1.29, 1.82) is 0 Å². The minimum absolute atomic E-state index is 0.00233. The summed E-state index contributed by atoms with van der Waals surface area (Å²) in [7, 11) is 0. The summed E-state index contributed by atoms with van der Waals surface area (Å²) >= 11 is 0. The molecule has 3 aromatic rings. The van der Waals surface area contributed by atoms with Gasteiger partial charge in [0.15, 0.2) is 11.6 Å². The molecular formula is C33H34N2O4. The maximum absolute atomic E-state index is 13.7. The monoisotopic (exact) mass is 522 g/mol. The van der Waals surface area contributed by atoms with Crippen LogP contribution in [0.1, 0.15) is 93.2 Å². The van der Waals surface area contributed by atoms with E-state index in [0.717, 1.165) is 36.4 Å². The van der Waals surface area contributed by atoms with Crippen molar-refractivity contribution in [3.05, 3.63) is 88.0 Å². The van der Waals surface area contributed by atoms with E-state index in [1.807, 2.05) is 31.2 Å². The summed E-state index contributed by atoms with van der Waals surface area (Å²) in [6, 6.07) is 16.0. The Morgan fingerprint density at radius 3 is 2.23 bits per heavy atom. The average Bonchev–Trinajstić information content (AvgIpc) is 2.93. The lowest BCUT2D eigenvalue weighted by Gasteiger charge is -2.41. The Labute approximate surface area is 228 Å². The van der Waals surface area contributed by atoms with Crippen LogP contribution < -0.4 is 11.1 Å². The first-order chi connectivity index (χ1) is 18.8. The molecule has 0 saturated heterocycles. The van der Waals surface area contributed by atoms with E-state index in [4.69, 9.17) is 10.5 Å². The first-order valence-electron chi connectivity index (χ1n) is 14.0. The lowest BCUT2D eigenvalue weighted by molar-refractivity contribution is -0.00482. The van der Waals surface area contributed by atoms with Gasteiger partial charge in [-0.2, -0.15) is 0 Å². The predicted octanol–water partition coefficient (Wildman–Crippen LogP) is 6.86. The zero-order valence-electron chi connectivity index (χ0n) is 22.5. The summed E-state index contributed by atoms with van der Waals surface area (Å²) in [5, 5.41) is 3.27. The highest BCUT2D eigenvalue weighted by atomic mass is 16.5. The highest BCUT2D eigenvalue weighted by Gasteiger charge is 2.38. The van der Waals surface area contributed by atoms with Gasteiger partial charge in [0.2, 0.25) is 0 Å². The van der Waals surface area contributed by atoms with Gasteiger partial charge >= 0.3 is 5.97 Å². The fourth-order valence-corrected chi connectivity index (χ4v) is 6.78. The van der Waals surface area contributed by atoms with E-state index in [9.17, 15) is 14.4 Å². The molecule has 6 heteroatoms. The van der Waals surface area contributed by atoms with Crippen molar-refractivity contribution in [3.8, 4) is 0 Å². The normalized spacial score (nSPS) is 23.8. The molecule has 39 heavy (non-hydrogen) atoms. The Bertz CT molecular complexity index is 1480. The molecule has 200 valence electrons. The van der Waals surface area contributed by atoms with Crippen molar-refractivity contribution < 1.29 is 19.1 Å². The number of nitrogen functional groups attached to an aromatic ring is 1. The third-order valence-electron chi connectivity index (χ3n) is 8.89. The molecule has 4 unspecified atom stereocenters. The molecule has 3 N–H and O–H groups in total. The number of carbonyl (C=O) groups excluding carboxylic acids is 3. The van der Waals surface area contributed by atoms with Crippen LogP contribution in [0.3, 0.4) is 0 Å². The molecule has 3 aliphatic carbocycles. The van der Waals surface area contributed by atoms with Crippen molar-refractivity contribution >= 4 is 34.6 Å². The van der Waals surface area contributed by atoms with Crippen molar-refractivity contribution in [2.75, 3.05) is 11.1 Å². The van der Waals surface area contributed by atoms with Crippen molar-refractivity contribution in [2.45, 2.75) is 58.5 Å². The third-order valence-corrected chi connectivity index (χ3v) is 8.89. The Morgan fingerprint density at radius 1 is 0.872 bits per heavy atom. The number of ether oxygens (including phenoxy) is 1. The van der Waals surface area contributed by atoms with Gasteiger partial charge in [0, 0.05) is 16.8 Å². The Hall–Kier alpha value is -3.93. The van der Waals surface area contributed by atoms with Crippen molar-refractivity contribution in [1.82, 2.24) is 0 Å². The molecular weight excluding hydrogens is 488 g/mol. The van der Waals surface area contributed by atoms with Crippen LogP contribution in [0.2, 0.25) is 0 Å². The van der Waals surface area contributed by atoms with E-state index in [1.54, 1.807) is 30.3 Å². The van der Waals surface area contributed by atoms with Crippen molar-refractivity contribution in [2.24, 2.45) is 17.8 Å². The Balaban J connectivity index is 1.36. The molecule has 0 aliphatic heterocycles. The number of esters is 1. The van der Waals surface area contributed by atoms with Crippen LogP contribution in [-0.4, -0.2) is 23.6 Å². The Morgan fingerprint density at radius 2 is 1.51 bits per heavy atom. The number of nitrogens with one attached hydrogen (secondary N) is 1. The summed E-state index contributed by atoms with van der Waals surface area (Å²) in [6.07, 6.45) is 6.27. The number of ketones is 2. The SMILES string of the molecule is Cc1ccc(Nc2cc(C(=O)OC3CCC4CC(C)CCC4C3)c(N)c3c2C(=O)c2ccccc2C3=O)cc1. The summed E-state index contributed by atoms with van der Waals surface area (Å²) < 4.78 is 6.03. The predicted molar refractivity (Wildman–Crippen MR) is 152 cm³/mol. The van der Waals surface area contributed by atoms with Crippen LogP contribution >= 0.6 is 0 Å². The minimum atomic E-state index is -0.547. The molecule has 0 heterocycles. The summed E-state index contributed by atoms with van der Waals surface area (Å²) in [6.45, 7) is 4.32. The molecule has 4 atom stereocenters. The molecule has 0 aromatic heterocycles. The summed E-state index contributed by atoms with van der Waals surface area (Å²) in [4.78, 5) is 40.9. The maximum Gasteiger partial charge on any atom is 0.340 e. The highest BCUT2D eigenvalue weighted by molar-refractivity contribution is 6.32. The molecule has 6 rings (SSSR count). The quantitative estimate of drug-likeness (QED) is 0.224. The van der Waals surface area contributed by atoms with E-state index in [0.29, 0.717) is 28.7 Å². The van der Waals surface area contributed by atoms with E-state index < -0.39 is 5.97 Å². The fourth-order valence-electron chi connectivity index (χ4n) is 6.78. The number of hydrogen-bond acceptors (Lipinski definition) is 6. The number of fused-ring (bicyclic) bond motifs is 3. The molecule has 0 radical (unpaired) electrons. The topological polar surface area (TPSA) is 98.5 Å². The van der Waals surface area contributed by atoms with E-state index in [2.05, 4.69) is 12.2 Å². The second-order valence-corrected chi connectivity index (χ2v) is 11.6. The summed E-state index contributed by atoms with van der Waals surface area (Å²) in [5.74, 6) is 0.858. The zero-order valence-corrected chi connectivity index (χ0v) is 22.5. The van der Waals surface area contributed by atoms with Gasteiger partial charge in [-0.25, -0.2) is 4.79 Å². The number of anilines is 3. The zero-order chi connectivity index (χ0) is 27.3. The fraction of sp³-hybridized carbons (Fsp3) is 0.364. The molecule has 2 fully saturated rings. The first kappa shape index (κ1) is 25.4. The molecule has 3 aliphatic rings. The number of carbonyl (C=O) groups is 3. The maximum atomic E-state index is 13.7. The Kier molecular flexibility index (Phi) is 6.49. The smallest absolute Gasteiger partial charge is 0.340 e. The highest BCUT2D eigenvalue weighted by Crippen LogP contribution is 2.44. The number of benzene rings is 3. The first-order valence-corrected chi connectivity index (χ1v) is 14.0. The van der Waals surface area contributed by atoms with Gasteiger partial charge in [0.1, 0.15) is 6.10 Å². The molecule has 6 nitrogen and oxygen atoms in total. The average molecular weight is 523 g/mol. The molecule has 3 aromatic carbocycles. The third kappa shape index (κ3) is 4.62. The van der Waals surface area contributed by atoms with Crippen LogP contribution in [0.25, 0.3) is 0 Å². The van der Waals surface area contributed by atoms with Gasteiger partial charge in [-0.15, -0.1) is 0 Å². The van der Waals surface area contributed by atoms with Gasteiger partial charge in [-0.05, 0) is 75.0 Å². The second kappa shape index (κ2) is 9.99. The number of hydrogen-bond donors (Lipinski definition) is 2. The molecule has 0 spiro atoms. The van der Waals surface area contributed by atoms with Crippen LogP contribution in [0.15, 0.2) is 54.6 Å². The lowest BCUT2D eigenvalue weighted by Crippen LogP contribution is -2.35. The number of aryl methyl sites for hydroxylation is 1. The van der Waals surface area contributed by atoms with Crippen LogP contribution in [0.5, 0.6) is 0 Å².